The van der Waals surface area contributed by atoms with Gasteiger partial charge in [0.05, 0.1) is 18.6 Å². The van der Waals surface area contributed by atoms with E-state index in [1.165, 1.54) is 4.31 Å². The van der Waals surface area contributed by atoms with Gasteiger partial charge in [0, 0.05) is 26.6 Å². The molecule has 8 nitrogen and oxygen atoms in total. The number of carbonyl (C=O) groups excluding carboxylic acids is 2. The van der Waals surface area contributed by atoms with Gasteiger partial charge >= 0.3 is 0 Å². The van der Waals surface area contributed by atoms with Crippen LogP contribution in [0.3, 0.4) is 0 Å². The van der Waals surface area contributed by atoms with Crippen molar-refractivity contribution < 1.29 is 22.7 Å². The van der Waals surface area contributed by atoms with Crippen LogP contribution in [0.25, 0.3) is 0 Å². The number of nitrogens with one attached hydrogen (secondary N) is 1. The molecule has 2 aromatic rings. The van der Waals surface area contributed by atoms with Gasteiger partial charge in [0.15, 0.2) is 0 Å². The van der Waals surface area contributed by atoms with E-state index in [1.807, 2.05) is 45.0 Å². The molecule has 35 heavy (non-hydrogen) atoms. The predicted molar refractivity (Wildman–Crippen MR) is 139 cm³/mol. The van der Waals surface area contributed by atoms with E-state index >= 15 is 0 Å². The van der Waals surface area contributed by atoms with Gasteiger partial charge in [-0.1, -0.05) is 48.9 Å². The Morgan fingerprint density at radius 1 is 1.09 bits per heavy atom. The molecule has 2 aromatic carbocycles. The summed E-state index contributed by atoms with van der Waals surface area (Å²) in [6.45, 7) is 6.50. The quantitative estimate of drug-likeness (QED) is 0.451. The minimum Gasteiger partial charge on any atom is -0.492 e. The summed E-state index contributed by atoms with van der Waals surface area (Å²) in [5, 5.41) is 2.65. The lowest BCUT2D eigenvalue weighted by Gasteiger charge is -2.31. The van der Waals surface area contributed by atoms with Crippen molar-refractivity contribution in [3.8, 4) is 5.75 Å². The number of sulfonamides is 1. The number of amides is 2. The van der Waals surface area contributed by atoms with Crippen molar-refractivity contribution >= 4 is 27.5 Å². The van der Waals surface area contributed by atoms with Gasteiger partial charge in [-0.2, -0.15) is 0 Å². The van der Waals surface area contributed by atoms with Gasteiger partial charge < -0.3 is 15.0 Å². The molecule has 0 aliphatic heterocycles. The lowest BCUT2D eigenvalue weighted by atomic mass is 10.1. The van der Waals surface area contributed by atoms with Gasteiger partial charge in [-0.15, -0.1) is 0 Å². The number of para-hydroxylation sites is 2. The third-order valence-electron chi connectivity index (χ3n) is 5.65. The Kier molecular flexibility index (Phi) is 10.6. The molecule has 0 heterocycles. The van der Waals surface area contributed by atoms with Crippen LogP contribution in [-0.4, -0.2) is 57.6 Å². The van der Waals surface area contributed by atoms with Gasteiger partial charge in [-0.05, 0) is 44.4 Å². The molecule has 9 heteroatoms. The Hall–Kier alpha value is -3.07. The molecule has 192 valence electrons. The van der Waals surface area contributed by atoms with Crippen molar-refractivity contribution in [1.82, 2.24) is 10.2 Å². The monoisotopic (exact) mass is 503 g/mol. The average molecular weight is 504 g/mol. The highest BCUT2D eigenvalue weighted by molar-refractivity contribution is 7.92. The molecule has 0 saturated carbocycles. The second-order valence-corrected chi connectivity index (χ2v) is 10.3. The molecular formula is C26H37N3O5S. The first-order valence-electron chi connectivity index (χ1n) is 11.9. The molecule has 2 amide bonds. The summed E-state index contributed by atoms with van der Waals surface area (Å²) in [4.78, 5) is 27.5. The first kappa shape index (κ1) is 28.2. The van der Waals surface area contributed by atoms with E-state index in [0.29, 0.717) is 37.4 Å². The maximum atomic E-state index is 13.3. The summed E-state index contributed by atoms with van der Waals surface area (Å²) in [6, 6.07) is 14.2. The fourth-order valence-electron chi connectivity index (χ4n) is 4.02. The van der Waals surface area contributed by atoms with Crippen LogP contribution in [0.4, 0.5) is 5.69 Å². The van der Waals surface area contributed by atoms with E-state index in [4.69, 9.17) is 4.74 Å². The molecule has 0 radical (unpaired) electrons. The summed E-state index contributed by atoms with van der Waals surface area (Å²) >= 11 is 0. The number of rotatable bonds is 13. The number of ether oxygens (including phenoxy) is 1. The molecule has 0 aliphatic carbocycles. The van der Waals surface area contributed by atoms with Crippen LogP contribution in [-0.2, 0) is 26.2 Å². The van der Waals surface area contributed by atoms with Crippen molar-refractivity contribution in [2.24, 2.45) is 0 Å². The van der Waals surface area contributed by atoms with E-state index in [0.717, 1.165) is 17.4 Å². The summed E-state index contributed by atoms with van der Waals surface area (Å²) in [5.41, 5.74) is 2.45. The van der Waals surface area contributed by atoms with Crippen molar-refractivity contribution in [2.45, 2.75) is 52.6 Å². The van der Waals surface area contributed by atoms with Crippen molar-refractivity contribution in [3.05, 3.63) is 59.7 Å². The maximum absolute atomic E-state index is 13.3. The molecule has 1 N–H and O–H groups in total. The summed E-state index contributed by atoms with van der Waals surface area (Å²) < 4.78 is 32.0. The molecule has 0 bridgehead atoms. The van der Waals surface area contributed by atoms with Gasteiger partial charge in [0.2, 0.25) is 21.8 Å². The number of carbonyl (C=O) groups is 2. The van der Waals surface area contributed by atoms with E-state index in [9.17, 15) is 18.0 Å². The molecule has 2 rings (SSSR count). The van der Waals surface area contributed by atoms with Crippen molar-refractivity contribution in [2.75, 3.05) is 30.8 Å². The van der Waals surface area contributed by atoms with E-state index < -0.39 is 16.1 Å². The summed E-state index contributed by atoms with van der Waals surface area (Å²) in [5.74, 6) is 0.0453. The Morgan fingerprint density at radius 2 is 1.80 bits per heavy atom. The minimum absolute atomic E-state index is 0.0993. The van der Waals surface area contributed by atoms with Gasteiger partial charge in [-0.3, -0.25) is 13.9 Å². The lowest BCUT2D eigenvalue weighted by Crippen LogP contribution is -2.48. The van der Waals surface area contributed by atoms with E-state index in [2.05, 4.69) is 5.32 Å². The highest BCUT2D eigenvalue weighted by Gasteiger charge is 2.28. The maximum Gasteiger partial charge on any atom is 0.242 e. The molecule has 0 fully saturated rings. The Bertz CT molecular complexity index is 1100. The van der Waals surface area contributed by atoms with Crippen LogP contribution in [0.1, 0.15) is 44.2 Å². The standard InChI is InChI=1S/C26H37N3O5S/c1-6-22(26(31)27-4)28(19-21-13-10-12-20(3)18-21)25(30)16-11-17-29(35(5,32)33)23-14-8-9-15-24(23)34-7-2/h8-10,12-15,18,22H,6-7,11,16-17,19H2,1-5H3,(H,27,31)/t22-/m1/s1. The van der Waals surface area contributed by atoms with Crippen LogP contribution >= 0.6 is 0 Å². The molecule has 0 unspecified atom stereocenters. The fraction of sp³-hybridized carbons (Fsp3) is 0.462. The fourth-order valence-corrected chi connectivity index (χ4v) is 4.99. The van der Waals surface area contributed by atoms with Gasteiger partial charge in [0.1, 0.15) is 11.8 Å². The molecular weight excluding hydrogens is 466 g/mol. The smallest absolute Gasteiger partial charge is 0.242 e. The van der Waals surface area contributed by atoms with Crippen LogP contribution < -0.4 is 14.4 Å². The van der Waals surface area contributed by atoms with Crippen LogP contribution in [0, 0.1) is 6.92 Å². The number of benzene rings is 2. The highest BCUT2D eigenvalue weighted by atomic mass is 32.2. The number of nitrogens with zero attached hydrogens (tertiary/aromatic N) is 2. The molecule has 0 aromatic heterocycles. The molecule has 0 spiro atoms. The zero-order valence-corrected chi connectivity index (χ0v) is 22.1. The van der Waals surface area contributed by atoms with E-state index in [1.54, 1.807) is 36.2 Å². The molecule has 0 aliphatic rings. The third kappa shape index (κ3) is 7.99. The first-order chi connectivity index (χ1) is 16.6. The second kappa shape index (κ2) is 13.1. The van der Waals surface area contributed by atoms with E-state index in [-0.39, 0.29) is 24.8 Å². The molecule has 1 atom stereocenters. The number of anilines is 1. The first-order valence-corrected chi connectivity index (χ1v) is 13.7. The van der Waals surface area contributed by atoms with Gasteiger partial charge in [-0.25, -0.2) is 8.42 Å². The molecule has 0 saturated heterocycles. The SMILES string of the molecule is CCOc1ccccc1N(CCCC(=O)N(Cc1cccc(C)c1)[C@H](CC)C(=O)NC)S(C)(=O)=O. The zero-order chi connectivity index (χ0) is 26.0. The minimum atomic E-state index is -3.60. The van der Waals surface area contributed by atoms with Crippen molar-refractivity contribution in [1.29, 1.82) is 0 Å². The lowest BCUT2D eigenvalue weighted by molar-refractivity contribution is -0.141. The normalized spacial score (nSPS) is 12.0. The second-order valence-electron chi connectivity index (χ2n) is 8.39. The number of likely N-dealkylation sites (N-methyl/N-ethyl adjacent to an activating group) is 1. The largest absolute Gasteiger partial charge is 0.492 e. The third-order valence-corrected chi connectivity index (χ3v) is 6.83. The van der Waals surface area contributed by atoms with Crippen LogP contribution in [0.2, 0.25) is 0 Å². The van der Waals surface area contributed by atoms with Crippen LogP contribution in [0.5, 0.6) is 5.75 Å². The van der Waals surface area contributed by atoms with Crippen molar-refractivity contribution in [3.63, 3.8) is 0 Å². The Balaban J connectivity index is 2.22. The number of aryl methyl sites for hydroxylation is 1. The summed E-state index contributed by atoms with van der Waals surface area (Å²) in [7, 11) is -2.05. The Labute approximate surface area is 209 Å². The predicted octanol–water partition coefficient (Wildman–Crippen LogP) is 3.49. The van der Waals surface area contributed by atoms with Crippen LogP contribution in [0.15, 0.2) is 48.5 Å². The summed E-state index contributed by atoms with van der Waals surface area (Å²) in [6.07, 6.45) is 2.00. The Morgan fingerprint density at radius 3 is 2.40 bits per heavy atom. The highest BCUT2D eigenvalue weighted by Crippen LogP contribution is 2.30. The number of hydrogen-bond acceptors (Lipinski definition) is 5. The number of hydrogen-bond donors (Lipinski definition) is 1. The topological polar surface area (TPSA) is 96.0 Å². The zero-order valence-electron chi connectivity index (χ0n) is 21.3. The van der Waals surface area contributed by atoms with Gasteiger partial charge in [0.25, 0.3) is 0 Å². The average Bonchev–Trinajstić information content (AvgIpc) is 2.81.